The molecule has 4 heteroatoms. The number of carbonyl (C=O) groups excluding carboxylic acids is 1. The highest BCUT2D eigenvalue weighted by Gasteiger charge is 2.10. The highest BCUT2D eigenvalue weighted by Crippen LogP contribution is 2.11. The van der Waals surface area contributed by atoms with E-state index < -0.39 is 9.84 Å². The van der Waals surface area contributed by atoms with E-state index in [1.165, 1.54) is 12.1 Å². The van der Waals surface area contributed by atoms with Crippen molar-refractivity contribution >= 4 is 15.6 Å². The van der Waals surface area contributed by atoms with Gasteiger partial charge in [-0.3, -0.25) is 4.79 Å². The fourth-order valence-corrected chi connectivity index (χ4v) is 2.54. The molecule has 0 N–H and O–H groups in total. The van der Waals surface area contributed by atoms with Gasteiger partial charge in [-0.05, 0) is 18.2 Å². The lowest BCUT2D eigenvalue weighted by molar-refractivity contribution is 0.104. The topological polar surface area (TPSA) is 51.2 Å². The summed E-state index contributed by atoms with van der Waals surface area (Å²) in [5.41, 5.74) is 0.460. The van der Waals surface area contributed by atoms with Crippen LogP contribution in [0.3, 0.4) is 0 Å². The van der Waals surface area contributed by atoms with Crippen LogP contribution in [-0.4, -0.2) is 14.2 Å². The highest BCUT2D eigenvalue weighted by molar-refractivity contribution is 7.94. The summed E-state index contributed by atoms with van der Waals surface area (Å²) in [6, 6.07) is 16.5. The van der Waals surface area contributed by atoms with Crippen molar-refractivity contribution in [3.63, 3.8) is 0 Å². The zero-order chi connectivity index (χ0) is 13.7. The second-order valence-electron chi connectivity index (χ2n) is 3.89. The zero-order valence-electron chi connectivity index (χ0n) is 10.1. The molecule has 19 heavy (non-hydrogen) atoms. The number of rotatable bonds is 4. The van der Waals surface area contributed by atoms with Gasteiger partial charge in [0.05, 0.1) is 4.90 Å². The molecule has 0 aliphatic carbocycles. The molecule has 3 nitrogen and oxygen atoms in total. The lowest BCUT2D eigenvalue weighted by Crippen LogP contribution is -1.99. The normalized spacial score (nSPS) is 11.6. The summed E-state index contributed by atoms with van der Waals surface area (Å²) in [7, 11) is -3.56. The minimum atomic E-state index is -3.56. The average molecular weight is 272 g/mol. The van der Waals surface area contributed by atoms with Crippen LogP contribution in [0.15, 0.2) is 77.0 Å². The van der Waals surface area contributed by atoms with Gasteiger partial charge < -0.3 is 0 Å². The molecule has 0 saturated carbocycles. The third kappa shape index (κ3) is 3.39. The molecule has 0 aliphatic heterocycles. The van der Waals surface area contributed by atoms with Gasteiger partial charge in [0.15, 0.2) is 15.6 Å². The maximum Gasteiger partial charge on any atom is 0.199 e. The van der Waals surface area contributed by atoms with E-state index >= 15 is 0 Å². The number of hydrogen-bond donors (Lipinski definition) is 0. The maximum absolute atomic E-state index is 11.9. The monoisotopic (exact) mass is 272 g/mol. The number of benzene rings is 2. The Balaban J connectivity index is 2.22. The minimum Gasteiger partial charge on any atom is -0.289 e. The van der Waals surface area contributed by atoms with E-state index in [0.29, 0.717) is 5.56 Å². The standard InChI is InChI=1S/C15H12O3S/c16-15(13-7-3-1-4-8-13)11-12-19(17,18)14-9-5-2-6-10-14/h1-12H/b12-11+. The van der Waals surface area contributed by atoms with Crippen LogP contribution in [0.4, 0.5) is 0 Å². The van der Waals surface area contributed by atoms with Gasteiger partial charge in [-0.1, -0.05) is 48.5 Å². The number of ketones is 1. The van der Waals surface area contributed by atoms with Crippen LogP contribution >= 0.6 is 0 Å². The fraction of sp³-hybridized carbons (Fsp3) is 0. The summed E-state index contributed by atoms with van der Waals surface area (Å²) in [5.74, 6) is -0.333. The van der Waals surface area contributed by atoms with Crippen LogP contribution in [0, 0.1) is 0 Å². The Labute approximate surface area is 112 Å². The summed E-state index contributed by atoms with van der Waals surface area (Å²) >= 11 is 0. The SMILES string of the molecule is O=C(/C=C/S(=O)(=O)c1ccccc1)c1ccccc1. The Morgan fingerprint density at radius 2 is 1.37 bits per heavy atom. The molecule has 0 aliphatic rings. The van der Waals surface area contributed by atoms with Crippen LogP contribution in [-0.2, 0) is 9.84 Å². The smallest absolute Gasteiger partial charge is 0.199 e. The van der Waals surface area contributed by atoms with E-state index in [-0.39, 0.29) is 10.7 Å². The van der Waals surface area contributed by atoms with Crippen LogP contribution < -0.4 is 0 Å². The summed E-state index contributed by atoms with van der Waals surface area (Å²) in [5, 5.41) is 0.942. The highest BCUT2D eigenvalue weighted by atomic mass is 32.2. The van der Waals surface area contributed by atoms with Gasteiger partial charge >= 0.3 is 0 Å². The molecule has 0 radical (unpaired) electrons. The van der Waals surface area contributed by atoms with E-state index in [9.17, 15) is 13.2 Å². The summed E-state index contributed by atoms with van der Waals surface area (Å²) < 4.78 is 23.9. The summed E-state index contributed by atoms with van der Waals surface area (Å²) in [4.78, 5) is 11.9. The van der Waals surface area contributed by atoms with Gasteiger partial charge in [0.2, 0.25) is 0 Å². The van der Waals surface area contributed by atoms with Crippen molar-refractivity contribution in [2.45, 2.75) is 4.90 Å². The molecule has 0 saturated heterocycles. The molecule has 0 atom stereocenters. The molecule has 0 fully saturated rings. The predicted octanol–water partition coefficient (Wildman–Crippen LogP) is 2.86. The lowest BCUT2D eigenvalue weighted by Gasteiger charge is -1.98. The molecule has 0 aromatic heterocycles. The minimum absolute atomic E-state index is 0.173. The Morgan fingerprint density at radius 1 is 0.842 bits per heavy atom. The number of carbonyl (C=O) groups is 1. The van der Waals surface area contributed by atoms with Crippen molar-refractivity contribution in [1.29, 1.82) is 0 Å². The molecule has 0 heterocycles. The Hall–Kier alpha value is -2.20. The molecular formula is C15H12O3S. The fourth-order valence-electron chi connectivity index (χ4n) is 1.54. The first-order chi connectivity index (χ1) is 9.09. The third-order valence-electron chi connectivity index (χ3n) is 2.53. The van der Waals surface area contributed by atoms with Gasteiger partial charge in [-0.25, -0.2) is 8.42 Å². The summed E-state index contributed by atoms with van der Waals surface area (Å²) in [6.07, 6.45) is 1.08. The lowest BCUT2D eigenvalue weighted by atomic mass is 10.1. The second-order valence-corrected chi connectivity index (χ2v) is 5.72. The molecule has 0 bridgehead atoms. The van der Waals surface area contributed by atoms with E-state index in [4.69, 9.17) is 0 Å². The largest absolute Gasteiger partial charge is 0.289 e. The molecule has 2 aromatic rings. The van der Waals surface area contributed by atoms with Crippen molar-refractivity contribution in [1.82, 2.24) is 0 Å². The quantitative estimate of drug-likeness (QED) is 0.635. The molecule has 0 spiro atoms. The molecule has 0 unspecified atom stereocenters. The van der Waals surface area contributed by atoms with Gasteiger partial charge in [0, 0.05) is 11.0 Å². The van der Waals surface area contributed by atoms with Crippen molar-refractivity contribution in [2.75, 3.05) is 0 Å². The summed E-state index contributed by atoms with van der Waals surface area (Å²) in [6.45, 7) is 0. The van der Waals surface area contributed by atoms with Gasteiger partial charge in [-0.15, -0.1) is 0 Å². The zero-order valence-corrected chi connectivity index (χ0v) is 10.9. The van der Waals surface area contributed by atoms with Gasteiger partial charge in [0.1, 0.15) is 0 Å². The van der Waals surface area contributed by atoms with E-state index in [1.54, 1.807) is 48.5 Å². The second kappa shape index (κ2) is 5.63. The molecular weight excluding hydrogens is 260 g/mol. The molecule has 2 aromatic carbocycles. The van der Waals surface area contributed by atoms with Crippen molar-refractivity contribution < 1.29 is 13.2 Å². The van der Waals surface area contributed by atoms with Crippen LogP contribution in [0.5, 0.6) is 0 Å². The van der Waals surface area contributed by atoms with Crippen LogP contribution in [0.2, 0.25) is 0 Å². The van der Waals surface area contributed by atoms with Gasteiger partial charge in [0.25, 0.3) is 0 Å². The number of sulfone groups is 1. The number of hydrogen-bond acceptors (Lipinski definition) is 3. The molecule has 2 rings (SSSR count). The first kappa shape index (κ1) is 13.2. The molecule has 96 valence electrons. The first-order valence-corrected chi connectivity index (χ1v) is 7.22. The van der Waals surface area contributed by atoms with E-state index in [1.807, 2.05) is 0 Å². The van der Waals surface area contributed by atoms with Gasteiger partial charge in [-0.2, -0.15) is 0 Å². The predicted molar refractivity (Wildman–Crippen MR) is 73.5 cm³/mol. The maximum atomic E-state index is 11.9. The van der Waals surface area contributed by atoms with Crippen LogP contribution in [0.1, 0.15) is 10.4 Å². The van der Waals surface area contributed by atoms with Crippen LogP contribution in [0.25, 0.3) is 0 Å². The Morgan fingerprint density at radius 3 is 1.95 bits per heavy atom. The third-order valence-corrected chi connectivity index (χ3v) is 3.95. The van der Waals surface area contributed by atoms with Crippen molar-refractivity contribution in [3.05, 3.63) is 77.7 Å². The van der Waals surface area contributed by atoms with E-state index in [2.05, 4.69) is 0 Å². The van der Waals surface area contributed by atoms with Crippen molar-refractivity contribution in [3.8, 4) is 0 Å². The number of allylic oxidation sites excluding steroid dienone is 1. The first-order valence-electron chi connectivity index (χ1n) is 5.67. The average Bonchev–Trinajstić information content (AvgIpc) is 2.47. The van der Waals surface area contributed by atoms with E-state index in [0.717, 1.165) is 11.5 Å². The van der Waals surface area contributed by atoms with Crippen molar-refractivity contribution in [2.24, 2.45) is 0 Å². The molecule has 0 amide bonds. The Kier molecular flexibility index (Phi) is 3.92. The Bertz CT molecular complexity index is 687.